The van der Waals surface area contributed by atoms with Gasteiger partial charge >= 0.3 is 0 Å². The molecule has 0 saturated carbocycles. The van der Waals surface area contributed by atoms with Crippen LogP contribution in [0.4, 0.5) is 0 Å². The molecule has 0 amide bonds. The van der Waals surface area contributed by atoms with E-state index in [1.807, 2.05) is 6.07 Å². The van der Waals surface area contributed by atoms with Crippen LogP contribution in [0.2, 0.25) is 0 Å². The molecule has 3 heteroatoms. The van der Waals surface area contributed by atoms with Gasteiger partial charge in [-0.2, -0.15) is 0 Å². The van der Waals surface area contributed by atoms with Gasteiger partial charge in [-0.15, -0.1) is 11.6 Å². The molecule has 0 spiro atoms. The third kappa shape index (κ3) is 4.94. The summed E-state index contributed by atoms with van der Waals surface area (Å²) in [5.74, 6) is 1.15. The van der Waals surface area contributed by atoms with Crippen LogP contribution in [-0.4, -0.2) is 5.88 Å². The molecule has 19 heavy (non-hydrogen) atoms. The van der Waals surface area contributed by atoms with Gasteiger partial charge in [0.25, 0.3) is 0 Å². The Balaban J connectivity index is 2.02. The second-order valence-corrected chi connectivity index (χ2v) is 6.82. The molecule has 0 fully saturated rings. The van der Waals surface area contributed by atoms with Crippen LogP contribution in [0.3, 0.4) is 0 Å². The van der Waals surface area contributed by atoms with Crippen molar-refractivity contribution in [2.24, 2.45) is 5.92 Å². The molecule has 2 aromatic rings. The Kier molecular flexibility index (Phi) is 5.93. The van der Waals surface area contributed by atoms with Crippen LogP contribution < -0.4 is 0 Å². The van der Waals surface area contributed by atoms with Crippen LogP contribution in [0.1, 0.15) is 11.1 Å². The fourth-order valence-corrected chi connectivity index (χ4v) is 3.06. The Labute approximate surface area is 136 Å². The highest BCUT2D eigenvalue weighted by atomic mass is 79.9. The van der Waals surface area contributed by atoms with Crippen LogP contribution in [0.25, 0.3) is 0 Å². The maximum Gasteiger partial charge on any atom is 0.0258 e. The van der Waals surface area contributed by atoms with Crippen molar-refractivity contribution in [3.8, 4) is 0 Å². The average Bonchev–Trinajstić information content (AvgIpc) is 2.40. The summed E-state index contributed by atoms with van der Waals surface area (Å²) in [5.41, 5.74) is 2.67. The van der Waals surface area contributed by atoms with Gasteiger partial charge < -0.3 is 0 Å². The number of rotatable bonds is 5. The topological polar surface area (TPSA) is 0 Å². The van der Waals surface area contributed by atoms with E-state index < -0.39 is 0 Å². The van der Waals surface area contributed by atoms with E-state index in [0.717, 1.165) is 21.8 Å². The third-order valence-electron chi connectivity index (χ3n) is 3.07. The largest absolute Gasteiger partial charge is 0.126 e. The summed E-state index contributed by atoms with van der Waals surface area (Å²) in [6, 6.07) is 16.9. The molecule has 100 valence electrons. The number of alkyl halides is 1. The van der Waals surface area contributed by atoms with Gasteiger partial charge in [0.15, 0.2) is 0 Å². The van der Waals surface area contributed by atoms with E-state index in [0.29, 0.717) is 11.8 Å². The Morgan fingerprint density at radius 1 is 0.842 bits per heavy atom. The number of halogens is 3. The molecule has 0 aromatic heterocycles. The van der Waals surface area contributed by atoms with E-state index in [4.69, 9.17) is 11.6 Å². The zero-order chi connectivity index (χ0) is 13.7. The lowest BCUT2D eigenvalue weighted by molar-refractivity contribution is 0.584. The van der Waals surface area contributed by atoms with E-state index >= 15 is 0 Å². The lowest BCUT2D eigenvalue weighted by Crippen LogP contribution is -2.10. The lowest BCUT2D eigenvalue weighted by atomic mass is 9.94. The maximum absolute atomic E-state index is 6.12. The molecule has 0 saturated heterocycles. The minimum absolute atomic E-state index is 0.470. The van der Waals surface area contributed by atoms with Crippen LogP contribution in [0, 0.1) is 5.92 Å². The van der Waals surface area contributed by atoms with E-state index in [1.165, 1.54) is 11.1 Å². The van der Waals surface area contributed by atoms with E-state index in [9.17, 15) is 0 Å². The SMILES string of the molecule is ClCC(Cc1ccc(Br)cc1)Cc1cccc(Br)c1. The molecule has 0 aliphatic carbocycles. The molecule has 1 unspecified atom stereocenters. The minimum atomic E-state index is 0.470. The van der Waals surface area contributed by atoms with Crippen LogP contribution in [-0.2, 0) is 12.8 Å². The number of hydrogen-bond donors (Lipinski definition) is 0. The fraction of sp³-hybridized carbons (Fsp3) is 0.250. The van der Waals surface area contributed by atoms with Gasteiger partial charge in [-0.05, 0) is 54.2 Å². The van der Waals surface area contributed by atoms with Gasteiger partial charge in [0.2, 0.25) is 0 Å². The standard InChI is InChI=1S/C16H15Br2Cl/c17-15-6-4-12(5-7-15)8-14(11-19)9-13-2-1-3-16(18)10-13/h1-7,10,14H,8-9,11H2. The summed E-state index contributed by atoms with van der Waals surface area (Å²) < 4.78 is 2.24. The van der Waals surface area contributed by atoms with Crippen molar-refractivity contribution in [2.45, 2.75) is 12.8 Å². The summed E-state index contributed by atoms with van der Waals surface area (Å²) in [4.78, 5) is 0. The van der Waals surface area contributed by atoms with Gasteiger partial charge in [0, 0.05) is 14.8 Å². The van der Waals surface area contributed by atoms with E-state index in [2.05, 4.69) is 74.3 Å². The zero-order valence-corrected chi connectivity index (χ0v) is 14.4. The smallest absolute Gasteiger partial charge is 0.0258 e. The second-order valence-electron chi connectivity index (χ2n) is 4.68. The highest BCUT2D eigenvalue weighted by molar-refractivity contribution is 9.10. The molecule has 0 heterocycles. The predicted molar refractivity (Wildman–Crippen MR) is 89.9 cm³/mol. The van der Waals surface area contributed by atoms with Crippen LogP contribution in [0.15, 0.2) is 57.5 Å². The van der Waals surface area contributed by atoms with Crippen molar-refractivity contribution < 1.29 is 0 Å². The lowest BCUT2D eigenvalue weighted by Gasteiger charge is -2.14. The first kappa shape index (κ1) is 15.1. The van der Waals surface area contributed by atoms with Crippen molar-refractivity contribution >= 4 is 43.5 Å². The monoisotopic (exact) mass is 400 g/mol. The van der Waals surface area contributed by atoms with Crippen LogP contribution in [0.5, 0.6) is 0 Å². The summed E-state index contributed by atoms with van der Waals surface area (Å²) in [5, 5.41) is 0. The molecule has 1 atom stereocenters. The quantitative estimate of drug-likeness (QED) is 0.550. The molecular formula is C16H15Br2Cl. The average molecular weight is 403 g/mol. The van der Waals surface area contributed by atoms with Crippen molar-refractivity contribution in [3.63, 3.8) is 0 Å². The fourth-order valence-electron chi connectivity index (χ4n) is 2.13. The van der Waals surface area contributed by atoms with E-state index in [1.54, 1.807) is 0 Å². The van der Waals surface area contributed by atoms with Crippen molar-refractivity contribution in [2.75, 3.05) is 5.88 Å². The maximum atomic E-state index is 6.12. The first-order valence-corrected chi connectivity index (χ1v) is 8.34. The number of benzene rings is 2. The van der Waals surface area contributed by atoms with Gasteiger partial charge in [0.1, 0.15) is 0 Å². The second kappa shape index (κ2) is 7.47. The molecule has 0 nitrogen and oxygen atoms in total. The Morgan fingerprint density at radius 2 is 1.53 bits per heavy atom. The summed E-state index contributed by atoms with van der Waals surface area (Å²) >= 11 is 13.1. The van der Waals surface area contributed by atoms with Gasteiger partial charge in [-0.3, -0.25) is 0 Å². The number of hydrogen-bond acceptors (Lipinski definition) is 0. The van der Waals surface area contributed by atoms with Gasteiger partial charge in [-0.25, -0.2) is 0 Å². The molecule has 0 aliphatic heterocycles. The third-order valence-corrected chi connectivity index (χ3v) is 4.53. The Bertz CT molecular complexity index is 523. The minimum Gasteiger partial charge on any atom is -0.126 e. The molecule has 2 aromatic carbocycles. The van der Waals surface area contributed by atoms with Crippen molar-refractivity contribution in [3.05, 3.63) is 68.6 Å². The van der Waals surface area contributed by atoms with Crippen molar-refractivity contribution in [1.29, 1.82) is 0 Å². The zero-order valence-electron chi connectivity index (χ0n) is 10.5. The molecule has 2 rings (SSSR count). The van der Waals surface area contributed by atoms with E-state index in [-0.39, 0.29) is 0 Å². The first-order valence-electron chi connectivity index (χ1n) is 6.22. The van der Waals surface area contributed by atoms with Gasteiger partial charge in [-0.1, -0.05) is 56.1 Å². The Morgan fingerprint density at radius 3 is 2.16 bits per heavy atom. The molecule has 0 radical (unpaired) electrons. The van der Waals surface area contributed by atoms with Crippen LogP contribution >= 0.6 is 43.5 Å². The Hall–Kier alpha value is -0.310. The highest BCUT2D eigenvalue weighted by Crippen LogP contribution is 2.20. The molecule has 0 N–H and O–H groups in total. The summed E-state index contributed by atoms with van der Waals surface area (Å²) in [7, 11) is 0. The summed E-state index contributed by atoms with van der Waals surface area (Å²) in [6.45, 7) is 0. The first-order chi connectivity index (χ1) is 9.17. The molecule has 0 bridgehead atoms. The van der Waals surface area contributed by atoms with Gasteiger partial charge in [0.05, 0.1) is 0 Å². The highest BCUT2D eigenvalue weighted by Gasteiger charge is 2.10. The summed E-state index contributed by atoms with van der Waals surface area (Å²) in [6.07, 6.45) is 2.03. The molecular weight excluding hydrogens is 387 g/mol. The normalized spacial score (nSPS) is 12.4. The van der Waals surface area contributed by atoms with Crippen molar-refractivity contribution in [1.82, 2.24) is 0 Å². The predicted octanol–water partition coefficient (Wildman–Crippen LogP) is 5.85. The molecule has 0 aliphatic rings.